The van der Waals surface area contributed by atoms with Gasteiger partial charge in [0.25, 0.3) is 0 Å². The van der Waals surface area contributed by atoms with Gasteiger partial charge in [0.05, 0.1) is 11.6 Å². The lowest BCUT2D eigenvalue weighted by Gasteiger charge is -2.05. The van der Waals surface area contributed by atoms with Crippen molar-refractivity contribution in [3.63, 3.8) is 0 Å². The number of hydrogen-bond acceptors (Lipinski definition) is 3. The topological polar surface area (TPSA) is 39.1 Å². The zero-order valence-electron chi connectivity index (χ0n) is 9.14. The van der Waals surface area contributed by atoms with Crippen molar-refractivity contribution in [2.24, 2.45) is 0 Å². The quantitative estimate of drug-likeness (QED) is 0.802. The number of thiazole rings is 1. The lowest BCUT2D eigenvalue weighted by atomic mass is 10.1. The van der Waals surface area contributed by atoms with Crippen LogP contribution in [-0.4, -0.2) is 10.4 Å². The maximum absolute atomic E-state index is 12.0. The number of Topliss-reactive ketones (excluding diaryl/α,β-unsaturated/α-hetero) is 1. The first-order valence-corrected chi connectivity index (χ1v) is 6.28. The van der Waals surface area contributed by atoms with E-state index in [4.69, 9.17) is 11.6 Å². The van der Waals surface area contributed by atoms with Crippen LogP contribution in [-0.2, 0) is 6.54 Å². The summed E-state index contributed by atoms with van der Waals surface area (Å²) in [5.41, 5.74) is 1.24. The third-order valence-electron chi connectivity index (χ3n) is 2.45. The molecule has 1 aromatic heterocycles. The number of hydrogen-bond donors (Lipinski definition) is 0. The molecule has 0 spiro atoms. The molecule has 0 saturated carbocycles. The van der Waals surface area contributed by atoms with Gasteiger partial charge in [-0.1, -0.05) is 35.1 Å². The van der Waals surface area contributed by atoms with E-state index in [1.54, 1.807) is 36.6 Å². The van der Waals surface area contributed by atoms with E-state index in [2.05, 4.69) is 0 Å². The highest BCUT2D eigenvalue weighted by Crippen LogP contribution is 2.16. The molecule has 2 rings (SSSR count). The number of ketones is 1. The minimum Gasteiger partial charge on any atom is -0.296 e. The number of aryl methyl sites for hydroxylation is 1. The average molecular weight is 268 g/mol. The number of aromatic nitrogens is 1. The number of carbonyl (C=O) groups excluding carboxylic acids is 1. The molecule has 0 aliphatic carbocycles. The van der Waals surface area contributed by atoms with Crippen LogP contribution in [0.5, 0.6) is 0 Å². The summed E-state index contributed by atoms with van der Waals surface area (Å²) in [5, 5.41) is 2.15. The highest BCUT2D eigenvalue weighted by molar-refractivity contribution is 7.07. The van der Waals surface area contributed by atoms with Gasteiger partial charge >= 0.3 is 4.87 Å². The van der Waals surface area contributed by atoms with E-state index >= 15 is 0 Å². The fraction of sp³-hybridized carbons (Fsp3) is 0.167. The maximum Gasteiger partial charge on any atom is 0.307 e. The summed E-state index contributed by atoms with van der Waals surface area (Å²) < 4.78 is 1.45. The van der Waals surface area contributed by atoms with Crippen molar-refractivity contribution in [1.29, 1.82) is 0 Å². The maximum atomic E-state index is 12.0. The van der Waals surface area contributed by atoms with E-state index < -0.39 is 0 Å². The lowest BCUT2D eigenvalue weighted by Crippen LogP contribution is -2.20. The molecular weight excluding hydrogens is 258 g/mol. The molecule has 3 nitrogen and oxygen atoms in total. The van der Waals surface area contributed by atoms with Crippen LogP contribution < -0.4 is 4.87 Å². The lowest BCUT2D eigenvalue weighted by molar-refractivity contribution is 0.0971. The Morgan fingerprint density at radius 3 is 2.71 bits per heavy atom. The van der Waals surface area contributed by atoms with Crippen LogP contribution >= 0.6 is 22.9 Å². The van der Waals surface area contributed by atoms with Gasteiger partial charge in [0.2, 0.25) is 0 Å². The van der Waals surface area contributed by atoms with Crippen molar-refractivity contribution in [3.05, 3.63) is 55.6 Å². The Hall–Kier alpha value is -1.39. The van der Waals surface area contributed by atoms with E-state index in [0.717, 1.165) is 17.0 Å². The van der Waals surface area contributed by atoms with Crippen LogP contribution in [0.2, 0.25) is 5.02 Å². The van der Waals surface area contributed by atoms with Gasteiger partial charge in [-0.15, -0.1) is 0 Å². The average Bonchev–Trinajstić information content (AvgIpc) is 2.61. The van der Waals surface area contributed by atoms with Crippen molar-refractivity contribution >= 4 is 28.7 Å². The van der Waals surface area contributed by atoms with Gasteiger partial charge in [-0.05, 0) is 19.1 Å². The normalized spacial score (nSPS) is 10.5. The Morgan fingerprint density at radius 2 is 2.12 bits per heavy atom. The van der Waals surface area contributed by atoms with Crippen molar-refractivity contribution in [1.82, 2.24) is 4.57 Å². The molecule has 1 aromatic carbocycles. The molecule has 0 N–H and O–H groups in total. The molecule has 2 aromatic rings. The number of rotatable bonds is 3. The van der Waals surface area contributed by atoms with Crippen LogP contribution in [0.15, 0.2) is 34.4 Å². The van der Waals surface area contributed by atoms with Gasteiger partial charge in [-0.25, -0.2) is 0 Å². The summed E-state index contributed by atoms with van der Waals surface area (Å²) in [6, 6.07) is 6.85. The molecule has 0 aliphatic rings. The van der Waals surface area contributed by atoms with Gasteiger partial charge in [-0.2, -0.15) is 0 Å². The molecule has 0 unspecified atom stereocenters. The minimum atomic E-state index is -0.154. The first-order chi connectivity index (χ1) is 8.09. The van der Waals surface area contributed by atoms with Crippen LogP contribution in [0.4, 0.5) is 0 Å². The monoisotopic (exact) mass is 267 g/mol. The minimum absolute atomic E-state index is 0.0396. The van der Waals surface area contributed by atoms with E-state index in [9.17, 15) is 9.59 Å². The number of nitrogens with zero attached hydrogens (tertiary/aromatic N) is 1. The highest BCUT2D eigenvalue weighted by Gasteiger charge is 2.12. The zero-order chi connectivity index (χ0) is 12.4. The molecule has 0 atom stereocenters. The van der Waals surface area contributed by atoms with Gasteiger partial charge < -0.3 is 0 Å². The highest BCUT2D eigenvalue weighted by atomic mass is 35.5. The van der Waals surface area contributed by atoms with Crippen LogP contribution in [0, 0.1) is 6.92 Å². The largest absolute Gasteiger partial charge is 0.307 e. The van der Waals surface area contributed by atoms with Crippen molar-refractivity contribution in [3.8, 4) is 0 Å². The molecule has 0 aliphatic heterocycles. The Labute approximate surface area is 107 Å². The second-order valence-electron chi connectivity index (χ2n) is 3.63. The zero-order valence-corrected chi connectivity index (χ0v) is 10.7. The SMILES string of the molecule is Cc1csc(=O)n1CC(=O)c1ccccc1Cl. The Balaban J connectivity index is 2.30. The Morgan fingerprint density at radius 1 is 1.41 bits per heavy atom. The second-order valence-corrected chi connectivity index (χ2v) is 4.86. The molecular formula is C12H10ClNO2S. The second kappa shape index (κ2) is 4.85. The molecule has 0 bridgehead atoms. The van der Waals surface area contributed by atoms with Gasteiger partial charge in [0, 0.05) is 16.6 Å². The Kier molecular flexibility index (Phi) is 3.45. The number of halogens is 1. The third kappa shape index (κ3) is 2.48. The smallest absolute Gasteiger partial charge is 0.296 e. The predicted molar refractivity (Wildman–Crippen MR) is 69.1 cm³/mol. The molecule has 0 saturated heterocycles. The fourth-order valence-corrected chi connectivity index (χ4v) is 2.49. The molecule has 0 fully saturated rings. The summed E-state index contributed by atoms with van der Waals surface area (Å²) in [6.07, 6.45) is 0. The predicted octanol–water partition coefficient (Wildman–Crippen LogP) is 2.75. The fourth-order valence-electron chi connectivity index (χ4n) is 1.51. The molecule has 17 heavy (non-hydrogen) atoms. The van der Waals surface area contributed by atoms with Crippen molar-refractivity contribution < 1.29 is 4.79 Å². The van der Waals surface area contributed by atoms with Crippen molar-refractivity contribution in [2.45, 2.75) is 13.5 Å². The third-order valence-corrected chi connectivity index (χ3v) is 3.66. The summed E-state index contributed by atoms with van der Waals surface area (Å²) >= 11 is 7.03. The molecule has 0 amide bonds. The van der Waals surface area contributed by atoms with E-state index in [1.807, 2.05) is 0 Å². The van der Waals surface area contributed by atoms with Crippen LogP contribution in [0.25, 0.3) is 0 Å². The van der Waals surface area contributed by atoms with Crippen molar-refractivity contribution in [2.75, 3.05) is 0 Å². The standard InChI is InChI=1S/C12H10ClNO2S/c1-8-7-17-12(16)14(8)6-11(15)9-4-2-3-5-10(9)13/h2-5,7H,6H2,1H3. The van der Waals surface area contributed by atoms with Gasteiger partial charge in [-0.3, -0.25) is 14.2 Å². The molecule has 1 heterocycles. The first-order valence-electron chi connectivity index (χ1n) is 5.02. The molecule has 88 valence electrons. The summed E-state index contributed by atoms with van der Waals surface area (Å²) in [7, 11) is 0. The number of carbonyl (C=O) groups is 1. The van der Waals surface area contributed by atoms with E-state index in [-0.39, 0.29) is 17.2 Å². The summed E-state index contributed by atoms with van der Waals surface area (Å²) in [5.74, 6) is -0.154. The van der Waals surface area contributed by atoms with Gasteiger partial charge in [0.15, 0.2) is 5.78 Å². The first kappa shape index (κ1) is 12.1. The summed E-state index contributed by atoms with van der Waals surface area (Å²) in [4.78, 5) is 23.4. The number of benzene rings is 1. The summed E-state index contributed by atoms with van der Waals surface area (Å²) in [6.45, 7) is 1.84. The van der Waals surface area contributed by atoms with Gasteiger partial charge in [0.1, 0.15) is 0 Å². The van der Waals surface area contributed by atoms with E-state index in [1.165, 1.54) is 4.57 Å². The van der Waals surface area contributed by atoms with Crippen LogP contribution in [0.1, 0.15) is 16.1 Å². The molecule has 0 radical (unpaired) electrons. The van der Waals surface area contributed by atoms with E-state index in [0.29, 0.717) is 10.6 Å². The Bertz CT molecular complexity index is 615. The molecule has 5 heteroatoms. The van der Waals surface area contributed by atoms with Crippen LogP contribution in [0.3, 0.4) is 0 Å².